The first-order valence-electron chi connectivity index (χ1n) is 7.27. The van der Waals surface area contributed by atoms with Crippen LogP contribution in [0.5, 0.6) is 0 Å². The number of unbranched alkanes of at least 4 members (excludes halogenated alkanes) is 2. The van der Waals surface area contributed by atoms with Crippen LogP contribution in [0.15, 0.2) is 0 Å². The lowest BCUT2D eigenvalue weighted by Gasteiger charge is -2.41. The fraction of sp³-hybridized carbons (Fsp3) is 0.929. The number of hydrogen-bond acceptors (Lipinski definition) is 3. The Morgan fingerprint density at radius 3 is 2.61 bits per heavy atom. The Hall–Kier alpha value is -0.610. The van der Waals surface area contributed by atoms with Gasteiger partial charge in [-0.3, -0.25) is 9.69 Å². The third-order valence-electron chi connectivity index (χ3n) is 3.92. The van der Waals surface area contributed by atoms with Gasteiger partial charge in [-0.25, -0.2) is 0 Å². The van der Waals surface area contributed by atoms with E-state index in [1.165, 1.54) is 19.3 Å². The highest BCUT2D eigenvalue weighted by atomic mass is 16.4. The van der Waals surface area contributed by atoms with E-state index in [4.69, 9.17) is 5.11 Å². The topological polar surface area (TPSA) is 60.8 Å². The second-order valence-electron chi connectivity index (χ2n) is 5.29. The maximum Gasteiger partial charge on any atom is 0.304 e. The van der Waals surface area contributed by atoms with E-state index < -0.39 is 5.97 Å². The number of hydrogen-bond donors (Lipinski definition) is 2. The summed E-state index contributed by atoms with van der Waals surface area (Å²) in [6, 6.07) is 0.594. The monoisotopic (exact) mass is 257 g/mol. The summed E-state index contributed by atoms with van der Waals surface area (Å²) < 4.78 is 0. The molecule has 0 aromatic rings. The first-order valence-corrected chi connectivity index (χ1v) is 7.27. The summed E-state index contributed by atoms with van der Waals surface area (Å²) in [5, 5.41) is 18.1. The lowest BCUT2D eigenvalue weighted by molar-refractivity contribution is -0.139. The highest BCUT2D eigenvalue weighted by Gasteiger charge is 2.30. The number of β-amino-alcohol motifs (C(OH)–C–C–N with tert-alkyl or cyclic N) is 1. The summed E-state index contributed by atoms with van der Waals surface area (Å²) in [7, 11) is 0. The van der Waals surface area contributed by atoms with Crippen molar-refractivity contribution < 1.29 is 15.0 Å². The predicted octanol–water partition coefficient (Wildman–Crippen LogP) is 2.26. The van der Waals surface area contributed by atoms with Gasteiger partial charge in [0.1, 0.15) is 0 Å². The zero-order chi connectivity index (χ0) is 13.4. The molecule has 0 amide bonds. The molecule has 1 aliphatic rings. The van der Waals surface area contributed by atoms with Gasteiger partial charge in [0.05, 0.1) is 13.0 Å². The Morgan fingerprint density at radius 1 is 1.28 bits per heavy atom. The van der Waals surface area contributed by atoms with Crippen molar-refractivity contribution in [3.63, 3.8) is 0 Å². The second kappa shape index (κ2) is 8.48. The quantitative estimate of drug-likeness (QED) is 0.655. The molecule has 1 fully saturated rings. The van der Waals surface area contributed by atoms with Gasteiger partial charge in [-0.05, 0) is 19.3 Å². The molecule has 0 bridgehead atoms. The number of rotatable bonds is 8. The van der Waals surface area contributed by atoms with Crippen molar-refractivity contribution in [3.05, 3.63) is 0 Å². The number of piperidine rings is 1. The minimum Gasteiger partial charge on any atom is -0.481 e. The van der Waals surface area contributed by atoms with Crippen molar-refractivity contribution in [1.29, 1.82) is 0 Å². The SMILES string of the molecule is CCCCC[C@H]1CCC[C@@H](CC(=O)O)N1CCO. The molecule has 106 valence electrons. The van der Waals surface area contributed by atoms with Crippen LogP contribution in [-0.2, 0) is 4.79 Å². The van der Waals surface area contributed by atoms with E-state index in [0.29, 0.717) is 12.6 Å². The molecule has 1 aliphatic heterocycles. The standard InChI is InChI=1S/C14H27NO3/c1-2-3-4-6-12-7-5-8-13(11-14(17)18)15(12)9-10-16/h12-13,16H,2-11H2,1H3,(H,17,18)/t12-,13-/m0/s1. The number of aliphatic hydroxyl groups excluding tert-OH is 1. The van der Waals surface area contributed by atoms with Crippen LogP contribution in [0.1, 0.15) is 58.3 Å². The van der Waals surface area contributed by atoms with Crippen molar-refractivity contribution in [2.75, 3.05) is 13.2 Å². The lowest BCUT2D eigenvalue weighted by atomic mass is 9.90. The summed E-state index contributed by atoms with van der Waals surface area (Å²) in [4.78, 5) is 13.1. The molecular formula is C14H27NO3. The molecule has 4 heteroatoms. The van der Waals surface area contributed by atoms with E-state index in [1.807, 2.05) is 0 Å². The molecule has 2 N–H and O–H groups in total. The van der Waals surface area contributed by atoms with Gasteiger partial charge in [0, 0.05) is 18.6 Å². The summed E-state index contributed by atoms with van der Waals surface area (Å²) >= 11 is 0. The number of aliphatic hydroxyl groups is 1. The van der Waals surface area contributed by atoms with Crippen LogP contribution in [0.4, 0.5) is 0 Å². The molecule has 0 aliphatic carbocycles. The van der Waals surface area contributed by atoms with Crippen molar-refractivity contribution in [2.45, 2.75) is 70.4 Å². The van der Waals surface area contributed by atoms with Gasteiger partial charge >= 0.3 is 5.97 Å². The summed E-state index contributed by atoms with van der Waals surface area (Å²) in [5.74, 6) is -0.725. The lowest BCUT2D eigenvalue weighted by Crippen LogP contribution is -2.48. The van der Waals surface area contributed by atoms with Gasteiger partial charge in [-0.15, -0.1) is 0 Å². The molecule has 0 aromatic carbocycles. The average Bonchev–Trinajstić information content (AvgIpc) is 2.32. The van der Waals surface area contributed by atoms with E-state index in [9.17, 15) is 9.90 Å². The number of likely N-dealkylation sites (tertiary alicyclic amines) is 1. The number of aliphatic carboxylic acids is 1. The van der Waals surface area contributed by atoms with Crippen LogP contribution in [-0.4, -0.2) is 46.3 Å². The maximum atomic E-state index is 10.9. The Kier molecular flexibility index (Phi) is 7.28. The molecule has 18 heavy (non-hydrogen) atoms. The van der Waals surface area contributed by atoms with Crippen molar-refractivity contribution in [2.24, 2.45) is 0 Å². The van der Waals surface area contributed by atoms with E-state index in [0.717, 1.165) is 25.7 Å². The first kappa shape index (κ1) is 15.4. The Labute approximate surface area is 110 Å². The van der Waals surface area contributed by atoms with Gasteiger partial charge in [0.2, 0.25) is 0 Å². The molecule has 0 unspecified atom stereocenters. The zero-order valence-corrected chi connectivity index (χ0v) is 11.5. The van der Waals surface area contributed by atoms with Crippen molar-refractivity contribution in [1.82, 2.24) is 4.90 Å². The Balaban J connectivity index is 2.54. The summed E-state index contributed by atoms with van der Waals surface area (Å²) in [5.41, 5.74) is 0. The normalized spacial score (nSPS) is 25.2. The average molecular weight is 257 g/mol. The molecular weight excluding hydrogens is 230 g/mol. The molecule has 2 atom stereocenters. The smallest absolute Gasteiger partial charge is 0.304 e. The molecule has 0 spiro atoms. The Morgan fingerprint density at radius 2 is 2.00 bits per heavy atom. The zero-order valence-electron chi connectivity index (χ0n) is 11.5. The van der Waals surface area contributed by atoms with E-state index >= 15 is 0 Å². The van der Waals surface area contributed by atoms with Crippen LogP contribution in [0.3, 0.4) is 0 Å². The fourth-order valence-corrected chi connectivity index (χ4v) is 3.06. The van der Waals surface area contributed by atoms with E-state index in [-0.39, 0.29) is 19.1 Å². The first-order chi connectivity index (χ1) is 8.69. The molecule has 0 radical (unpaired) electrons. The minimum atomic E-state index is -0.725. The van der Waals surface area contributed by atoms with Crippen LogP contribution >= 0.6 is 0 Å². The van der Waals surface area contributed by atoms with Crippen LogP contribution in [0.2, 0.25) is 0 Å². The van der Waals surface area contributed by atoms with Crippen molar-refractivity contribution in [3.8, 4) is 0 Å². The van der Waals surface area contributed by atoms with Crippen LogP contribution in [0.25, 0.3) is 0 Å². The van der Waals surface area contributed by atoms with Gasteiger partial charge in [-0.1, -0.05) is 32.6 Å². The molecule has 4 nitrogen and oxygen atoms in total. The predicted molar refractivity (Wildman–Crippen MR) is 71.6 cm³/mol. The molecule has 1 rings (SSSR count). The number of nitrogens with zero attached hydrogens (tertiary/aromatic N) is 1. The third kappa shape index (κ3) is 4.94. The summed E-state index contributed by atoms with van der Waals surface area (Å²) in [6.07, 6.45) is 8.25. The Bertz CT molecular complexity index is 245. The highest BCUT2D eigenvalue weighted by Crippen LogP contribution is 2.27. The van der Waals surface area contributed by atoms with Gasteiger partial charge in [0.25, 0.3) is 0 Å². The van der Waals surface area contributed by atoms with Gasteiger partial charge in [0.15, 0.2) is 0 Å². The van der Waals surface area contributed by atoms with Crippen LogP contribution in [0, 0.1) is 0 Å². The van der Waals surface area contributed by atoms with Crippen LogP contribution < -0.4 is 0 Å². The molecule has 1 saturated heterocycles. The van der Waals surface area contributed by atoms with E-state index in [1.54, 1.807) is 0 Å². The number of carbonyl (C=O) groups is 1. The molecule has 1 heterocycles. The number of carboxylic acid groups (broad SMARTS) is 1. The number of carboxylic acids is 1. The van der Waals surface area contributed by atoms with E-state index in [2.05, 4.69) is 11.8 Å². The van der Waals surface area contributed by atoms with Gasteiger partial charge in [-0.2, -0.15) is 0 Å². The maximum absolute atomic E-state index is 10.9. The minimum absolute atomic E-state index is 0.120. The molecule has 0 saturated carbocycles. The van der Waals surface area contributed by atoms with Crippen molar-refractivity contribution >= 4 is 5.97 Å². The third-order valence-corrected chi connectivity index (χ3v) is 3.92. The molecule has 0 aromatic heterocycles. The highest BCUT2D eigenvalue weighted by molar-refractivity contribution is 5.67. The summed E-state index contributed by atoms with van der Waals surface area (Å²) in [6.45, 7) is 2.94. The van der Waals surface area contributed by atoms with Gasteiger partial charge < -0.3 is 10.2 Å². The fourth-order valence-electron chi connectivity index (χ4n) is 3.06. The largest absolute Gasteiger partial charge is 0.481 e. The second-order valence-corrected chi connectivity index (χ2v) is 5.29.